The van der Waals surface area contributed by atoms with Crippen LogP contribution in [0.15, 0.2) is 48.8 Å². The number of pyridine rings is 2. The minimum Gasteiger partial charge on any atom is -0.353 e. The standard InChI is InChI=1S/C19H25N5O/c1-16(17-6-2-4-9-21-17)20-11-8-19(25)24-14-12-23(13-15-24)18-7-3-5-10-22-18/h2-7,9-10,16,20H,8,11-15H2,1H3. The van der Waals surface area contributed by atoms with E-state index >= 15 is 0 Å². The van der Waals surface area contributed by atoms with Crippen molar-refractivity contribution >= 4 is 11.7 Å². The minimum atomic E-state index is 0.148. The van der Waals surface area contributed by atoms with E-state index in [9.17, 15) is 4.79 Å². The van der Waals surface area contributed by atoms with Crippen molar-refractivity contribution in [2.75, 3.05) is 37.6 Å². The third-order valence-electron chi connectivity index (χ3n) is 4.53. The van der Waals surface area contributed by atoms with Crippen LogP contribution in [0.25, 0.3) is 0 Å². The predicted molar refractivity (Wildman–Crippen MR) is 98.3 cm³/mol. The molecule has 2 aromatic rings. The van der Waals surface area contributed by atoms with Gasteiger partial charge < -0.3 is 15.1 Å². The molecule has 0 bridgehead atoms. The summed E-state index contributed by atoms with van der Waals surface area (Å²) in [5.74, 6) is 1.20. The highest BCUT2D eigenvalue weighted by Gasteiger charge is 2.21. The third-order valence-corrected chi connectivity index (χ3v) is 4.53. The molecule has 1 fully saturated rings. The van der Waals surface area contributed by atoms with Gasteiger partial charge in [0.05, 0.1) is 5.69 Å². The zero-order chi connectivity index (χ0) is 17.5. The maximum absolute atomic E-state index is 12.4. The van der Waals surface area contributed by atoms with E-state index in [-0.39, 0.29) is 11.9 Å². The molecule has 1 atom stereocenters. The number of carbonyl (C=O) groups excluding carboxylic acids is 1. The maximum Gasteiger partial charge on any atom is 0.223 e. The van der Waals surface area contributed by atoms with Gasteiger partial charge in [-0.3, -0.25) is 9.78 Å². The van der Waals surface area contributed by atoms with Crippen LogP contribution in [0, 0.1) is 0 Å². The molecule has 132 valence electrons. The highest BCUT2D eigenvalue weighted by molar-refractivity contribution is 5.76. The first-order chi connectivity index (χ1) is 12.2. The summed E-state index contributed by atoms with van der Waals surface area (Å²) in [6.07, 6.45) is 4.11. The Bertz CT molecular complexity index is 656. The summed E-state index contributed by atoms with van der Waals surface area (Å²) in [6, 6.07) is 12.0. The number of carbonyl (C=O) groups is 1. The number of nitrogens with zero attached hydrogens (tertiary/aromatic N) is 4. The van der Waals surface area contributed by atoms with Crippen LogP contribution in [0.1, 0.15) is 25.1 Å². The maximum atomic E-state index is 12.4. The number of piperazine rings is 1. The third kappa shape index (κ3) is 4.76. The zero-order valence-corrected chi connectivity index (χ0v) is 14.6. The fourth-order valence-electron chi connectivity index (χ4n) is 3.02. The van der Waals surface area contributed by atoms with Gasteiger partial charge in [0.25, 0.3) is 0 Å². The molecule has 0 aromatic carbocycles. The van der Waals surface area contributed by atoms with Crippen LogP contribution in [-0.4, -0.2) is 53.5 Å². The molecule has 1 aliphatic heterocycles. The van der Waals surface area contributed by atoms with Crippen molar-refractivity contribution in [3.05, 3.63) is 54.5 Å². The first-order valence-electron chi connectivity index (χ1n) is 8.82. The highest BCUT2D eigenvalue weighted by atomic mass is 16.2. The smallest absolute Gasteiger partial charge is 0.223 e. The van der Waals surface area contributed by atoms with Gasteiger partial charge in [-0.2, -0.15) is 0 Å². The van der Waals surface area contributed by atoms with Gasteiger partial charge in [-0.15, -0.1) is 0 Å². The highest BCUT2D eigenvalue weighted by Crippen LogP contribution is 2.13. The SMILES string of the molecule is CC(NCCC(=O)N1CCN(c2ccccn2)CC1)c1ccccn1. The lowest BCUT2D eigenvalue weighted by Gasteiger charge is -2.35. The number of aromatic nitrogens is 2. The molecule has 1 unspecified atom stereocenters. The van der Waals surface area contributed by atoms with Crippen molar-refractivity contribution in [1.29, 1.82) is 0 Å². The fraction of sp³-hybridized carbons (Fsp3) is 0.421. The summed E-state index contributed by atoms with van der Waals surface area (Å²) in [4.78, 5) is 25.3. The second kappa shape index (κ2) is 8.58. The average Bonchev–Trinajstić information content (AvgIpc) is 2.69. The minimum absolute atomic E-state index is 0.148. The van der Waals surface area contributed by atoms with Crippen molar-refractivity contribution in [3.63, 3.8) is 0 Å². The monoisotopic (exact) mass is 339 g/mol. The second-order valence-corrected chi connectivity index (χ2v) is 6.24. The lowest BCUT2D eigenvalue weighted by molar-refractivity contribution is -0.131. The van der Waals surface area contributed by atoms with Crippen molar-refractivity contribution in [2.24, 2.45) is 0 Å². The lowest BCUT2D eigenvalue weighted by atomic mass is 10.2. The van der Waals surface area contributed by atoms with Gasteiger partial charge in [0, 0.05) is 57.6 Å². The van der Waals surface area contributed by atoms with Crippen molar-refractivity contribution in [2.45, 2.75) is 19.4 Å². The van der Waals surface area contributed by atoms with Crippen LogP contribution in [0.2, 0.25) is 0 Å². The van der Waals surface area contributed by atoms with E-state index in [1.807, 2.05) is 41.3 Å². The predicted octanol–water partition coefficient (Wildman–Crippen LogP) is 1.87. The van der Waals surface area contributed by atoms with Crippen LogP contribution in [0.3, 0.4) is 0 Å². The molecular formula is C19H25N5O. The molecule has 3 heterocycles. The van der Waals surface area contributed by atoms with Crippen LogP contribution in [0.5, 0.6) is 0 Å². The first kappa shape index (κ1) is 17.4. The summed E-state index contributed by atoms with van der Waals surface area (Å²) in [7, 11) is 0. The van der Waals surface area contributed by atoms with E-state index in [0.717, 1.165) is 37.7 Å². The largest absolute Gasteiger partial charge is 0.353 e. The van der Waals surface area contributed by atoms with Gasteiger partial charge in [0.2, 0.25) is 5.91 Å². The van der Waals surface area contributed by atoms with Gasteiger partial charge >= 0.3 is 0 Å². The number of hydrogen-bond acceptors (Lipinski definition) is 5. The number of nitrogens with one attached hydrogen (secondary N) is 1. The summed E-state index contributed by atoms with van der Waals surface area (Å²) in [5, 5.41) is 3.37. The normalized spacial score (nSPS) is 15.9. The van der Waals surface area contributed by atoms with Crippen molar-refractivity contribution in [3.8, 4) is 0 Å². The average molecular weight is 339 g/mol. The van der Waals surface area contributed by atoms with Crippen LogP contribution < -0.4 is 10.2 Å². The van der Waals surface area contributed by atoms with Crippen LogP contribution in [-0.2, 0) is 4.79 Å². The summed E-state index contributed by atoms with van der Waals surface area (Å²) in [5.41, 5.74) is 0.999. The Morgan fingerprint density at radius 2 is 1.80 bits per heavy atom. The van der Waals surface area contributed by atoms with E-state index in [1.165, 1.54) is 0 Å². The Morgan fingerprint density at radius 3 is 2.44 bits per heavy atom. The molecule has 2 aromatic heterocycles. The number of anilines is 1. The molecule has 1 N–H and O–H groups in total. The van der Waals surface area contributed by atoms with Gasteiger partial charge in [0.15, 0.2) is 0 Å². The van der Waals surface area contributed by atoms with Gasteiger partial charge in [0.1, 0.15) is 5.82 Å². The van der Waals surface area contributed by atoms with E-state index in [0.29, 0.717) is 13.0 Å². The Morgan fingerprint density at radius 1 is 1.08 bits per heavy atom. The molecule has 0 spiro atoms. The zero-order valence-electron chi connectivity index (χ0n) is 14.6. The number of rotatable bonds is 6. The topological polar surface area (TPSA) is 61.4 Å². The van der Waals surface area contributed by atoms with Crippen LogP contribution in [0.4, 0.5) is 5.82 Å². The molecule has 0 aliphatic carbocycles. The van der Waals surface area contributed by atoms with E-state index in [4.69, 9.17) is 0 Å². The summed E-state index contributed by atoms with van der Waals surface area (Å²) < 4.78 is 0. The number of amides is 1. The Balaban J connectivity index is 1.39. The van der Waals surface area contributed by atoms with E-state index in [1.54, 1.807) is 12.4 Å². The molecule has 3 rings (SSSR count). The lowest BCUT2D eigenvalue weighted by Crippen LogP contribution is -2.49. The van der Waals surface area contributed by atoms with Crippen molar-refractivity contribution < 1.29 is 4.79 Å². The molecule has 0 saturated carbocycles. The Labute approximate surface area is 148 Å². The molecule has 6 heteroatoms. The van der Waals surface area contributed by atoms with Gasteiger partial charge in [-0.05, 0) is 31.2 Å². The van der Waals surface area contributed by atoms with Gasteiger partial charge in [-0.1, -0.05) is 12.1 Å². The van der Waals surface area contributed by atoms with E-state index in [2.05, 4.69) is 27.1 Å². The Hall–Kier alpha value is -2.47. The van der Waals surface area contributed by atoms with E-state index < -0.39 is 0 Å². The van der Waals surface area contributed by atoms with Crippen LogP contribution >= 0.6 is 0 Å². The Kier molecular flexibility index (Phi) is 5.95. The number of hydrogen-bond donors (Lipinski definition) is 1. The van der Waals surface area contributed by atoms with Crippen molar-refractivity contribution in [1.82, 2.24) is 20.2 Å². The molecule has 6 nitrogen and oxygen atoms in total. The molecular weight excluding hydrogens is 314 g/mol. The summed E-state index contributed by atoms with van der Waals surface area (Å²) in [6.45, 7) is 5.91. The first-order valence-corrected chi connectivity index (χ1v) is 8.82. The molecule has 25 heavy (non-hydrogen) atoms. The molecule has 1 saturated heterocycles. The fourth-order valence-corrected chi connectivity index (χ4v) is 3.02. The quantitative estimate of drug-likeness (QED) is 0.870. The molecule has 0 radical (unpaired) electrons. The molecule has 1 amide bonds. The molecule has 1 aliphatic rings. The second-order valence-electron chi connectivity index (χ2n) is 6.24. The summed E-state index contributed by atoms with van der Waals surface area (Å²) >= 11 is 0. The van der Waals surface area contributed by atoms with Gasteiger partial charge in [-0.25, -0.2) is 4.98 Å².